The van der Waals surface area contributed by atoms with Crippen molar-refractivity contribution in [1.82, 2.24) is 0 Å². The first-order valence-electron chi connectivity index (χ1n) is 3.68. The molecule has 0 aliphatic carbocycles. The van der Waals surface area contributed by atoms with E-state index < -0.39 is 21.1 Å². The summed E-state index contributed by atoms with van der Waals surface area (Å²) in [5, 5.41) is 0. The Morgan fingerprint density at radius 3 is 1.80 bits per heavy atom. The van der Waals surface area contributed by atoms with E-state index in [9.17, 15) is 0 Å². The van der Waals surface area contributed by atoms with Gasteiger partial charge < -0.3 is 0 Å². The molecule has 10 heavy (non-hydrogen) atoms. The van der Waals surface area contributed by atoms with Crippen molar-refractivity contribution in [1.29, 1.82) is 0 Å². The van der Waals surface area contributed by atoms with Gasteiger partial charge in [-0.2, -0.15) is 0 Å². The molecule has 0 fully saturated rings. The third-order valence-electron chi connectivity index (χ3n) is 0.906. The van der Waals surface area contributed by atoms with Gasteiger partial charge in [0.15, 0.2) is 0 Å². The van der Waals surface area contributed by atoms with Gasteiger partial charge in [-0.3, -0.25) is 0 Å². The van der Waals surface area contributed by atoms with Crippen LogP contribution in [0.5, 0.6) is 0 Å². The molecule has 0 saturated carbocycles. The number of hydrogen-bond donors (Lipinski definition) is 0. The Labute approximate surface area is 75.2 Å². The van der Waals surface area contributed by atoms with Crippen LogP contribution in [-0.4, -0.2) is 34.3 Å². The molecule has 2 nitrogen and oxygen atoms in total. The van der Waals surface area contributed by atoms with E-state index in [-0.39, 0.29) is 0 Å². The van der Waals surface area contributed by atoms with Crippen molar-refractivity contribution in [2.24, 2.45) is 0 Å². The van der Waals surface area contributed by atoms with E-state index in [2.05, 4.69) is 13.8 Å². The third kappa shape index (κ3) is 7.19. The van der Waals surface area contributed by atoms with Crippen LogP contribution in [-0.2, 0) is 5.71 Å². The molecule has 0 N–H and O–H groups in total. The van der Waals surface area contributed by atoms with Crippen molar-refractivity contribution in [3.05, 3.63) is 0 Å². The van der Waals surface area contributed by atoms with Gasteiger partial charge in [-0.25, -0.2) is 0 Å². The summed E-state index contributed by atoms with van der Waals surface area (Å²) in [4.78, 5) is 0. The van der Waals surface area contributed by atoms with Gasteiger partial charge >= 0.3 is 75.3 Å². The molecule has 0 heterocycles. The Hall–Kier alpha value is 1.08. The van der Waals surface area contributed by atoms with E-state index in [0.717, 1.165) is 26.1 Å². The maximum atomic E-state index is 5.80. The summed E-state index contributed by atoms with van der Waals surface area (Å²) in [5.41, 5.74) is 0. The van der Waals surface area contributed by atoms with Crippen molar-refractivity contribution in [2.75, 3.05) is 13.2 Å². The number of halogens is 1. The van der Waals surface area contributed by atoms with Crippen LogP contribution >= 0.6 is 8.58 Å². The van der Waals surface area contributed by atoms with Crippen molar-refractivity contribution in [3.63, 3.8) is 0 Å². The SMILES string of the molecule is CCC[O][In]([Cl])[O]CCC. The molecule has 0 aromatic heterocycles. The van der Waals surface area contributed by atoms with Gasteiger partial charge in [0, 0.05) is 0 Å². The fraction of sp³-hybridized carbons (Fsp3) is 1.00. The minimum atomic E-state index is -2.38. The topological polar surface area (TPSA) is 18.5 Å². The molecule has 0 aliphatic heterocycles. The van der Waals surface area contributed by atoms with Crippen LogP contribution in [0, 0.1) is 0 Å². The van der Waals surface area contributed by atoms with Crippen molar-refractivity contribution >= 4 is 29.7 Å². The van der Waals surface area contributed by atoms with Gasteiger partial charge in [0.05, 0.1) is 0 Å². The third-order valence-corrected chi connectivity index (χ3v) is 5.44. The fourth-order valence-electron chi connectivity index (χ4n) is 0.469. The average Bonchev–Trinajstić information content (AvgIpc) is 1.97. The summed E-state index contributed by atoms with van der Waals surface area (Å²) in [5.74, 6) is 0. The zero-order valence-corrected chi connectivity index (χ0v) is 10.7. The molecule has 0 atom stereocenters. The van der Waals surface area contributed by atoms with Crippen LogP contribution in [0.25, 0.3) is 0 Å². The number of rotatable bonds is 6. The normalized spacial score (nSPS) is 9.90. The molecule has 0 saturated heterocycles. The standard InChI is InChI=1S/2C3H7O.ClH.In/c2*1-2-3-4;;/h2*2-3H2,1H3;1H;/q2*-1;;+3/p-1. The molecule has 0 aromatic rings. The molecule has 0 bridgehead atoms. The molecule has 0 aromatic carbocycles. The van der Waals surface area contributed by atoms with Gasteiger partial charge in [0.25, 0.3) is 0 Å². The Balaban J connectivity index is 3.00. The molecule has 0 rings (SSSR count). The molecule has 4 heteroatoms. The minimum absolute atomic E-state index is 0.758. The van der Waals surface area contributed by atoms with E-state index in [1.165, 1.54) is 0 Å². The summed E-state index contributed by atoms with van der Waals surface area (Å²) in [6.45, 7) is 5.65. The predicted octanol–water partition coefficient (Wildman–Crippen LogP) is 2.06. The molecule has 0 aliphatic rings. The van der Waals surface area contributed by atoms with Crippen LogP contribution in [0.3, 0.4) is 0 Å². The van der Waals surface area contributed by atoms with Crippen LogP contribution in [0.15, 0.2) is 0 Å². The van der Waals surface area contributed by atoms with E-state index in [1.54, 1.807) is 0 Å². The molecule has 0 unspecified atom stereocenters. The second kappa shape index (κ2) is 8.18. The molecular weight excluding hydrogens is 254 g/mol. The summed E-state index contributed by atoms with van der Waals surface area (Å²) >= 11 is -2.38. The van der Waals surface area contributed by atoms with Gasteiger partial charge in [0.1, 0.15) is 0 Å². The van der Waals surface area contributed by atoms with Crippen LogP contribution in [0.1, 0.15) is 26.7 Å². The zero-order chi connectivity index (χ0) is 7.82. The summed E-state index contributed by atoms with van der Waals surface area (Å²) in [7, 11) is 5.80. The summed E-state index contributed by atoms with van der Waals surface area (Å²) in [6, 6.07) is 0. The quantitative estimate of drug-likeness (QED) is 0.734. The Morgan fingerprint density at radius 2 is 1.50 bits per heavy atom. The second-order valence-corrected chi connectivity index (χ2v) is 7.88. The van der Waals surface area contributed by atoms with Crippen LogP contribution < -0.4 is 0 Å². The monoisotopic (exact) mass is 268 g/mol. The van der Waals surface area contributed by atoms with E-state index in [1.807, 2.05) is 0 Å². The first-order chi connectivity index (χ1) is 4.81. The van der Waals surface area contributed by atoms with Gasteiger partial charge in [-0.15, -0.1) is 0 Å². The first kappa shape index (κ1) is 11.1. The predicted molar refractivity (Wildman–Crippen MR) is 44.1 cm³/mol. The average molecular weight is 268 g/mol. The Morgan fingerprint density at radius 1 is 1.10 bits per heavy atom. The summed E-state index contributed by atoms with van der Waals surface area (Å²) < 4.78 is 10.5. The van der Waals surface area contributed by atoms with Gasteiger partial charge in [-0.05, 0) is 0 Å². The zero-order valence-electron chi connectivity index (χ0n) is 6.60. The molecule has 60 valence electrons. The van der Waals surface area contributed by atoms with E-state index >= 15 is 0 Å². The fourth-order valence-corrected chi connectivity index (χ4v) is 4.34. The Bertz CT molecular complexity index is 64.8. The number of hydrogen-bond acceptors (Lipinski definition) is 2. The maximum absolute atomic E-state index is 5.80. The first-order valence-corrected chi connectivity index (χ1v) is 10.5. The molecular formula is C6H14ClInO2. The van der Waals surface area contributed by atoms with E-state index in [4.69, 9.17) is 14.3 Å². The van der Waals surface area contributed by atoms with E-state index in [0.29, 0.717) is 0 Å². The Kier molecular flexibility index (Phi) is 9.06. The van der Waals surface area contributed by atoms with Crippen molar-refractivity contribution in [3.8, 4) is 0 Å². The molecule has 0 spiro atoms. The van der Waals surface area contributed by atoms with Crippen LogP contribution in [0.4, 0.5) is 0 Å². The molecule has 0 radical (unpaired) electrons. The second-order valence-electron chi connectivity index (χ2n) is 2.02. The van der Waals surface area contributed by atoms with Crippen molar-refractivity contribution in [2.45, 2.75) is 26.7 Å². The van der Waals surface area contributed by atoms with Gasteiger partial charge in [0.2, 0.25) is 0 Å². The van der Waals surface area contributed by atoms with Crippen LogP contribution in [0.2, 0.25) is 0 Å². The van der Waals surface area contributed by atoms with Gasteiger partial charge in [-0.1, -0.05) is 0 Å². The van der Waals surface area contributed by atoms with Crippen molar-refractivity contribution < 1.29 is 5.71 Å². The summed E-state index contributed by atoms with van der Waals surface area (Å²) in [6.07, 6.45) is 2.05. The molecule has 0 amide bonds.